The topological polar surface area (TPSA) is 84.9 Å². The Morgan fingerprint density at radius 3 is 2.47 bits per heavy atom. The van der Waals surface area contributed by atoms with E-state index >= 15 is 0 Å². The molecule has 3 rings (SSSR count). The molecule has 0 saturated carbocycles. The van der Waals surface area contributed by atoms with Gasteiger partial charge in [-0.3, -0.25) is 14.9 Å². The van der Waals surface area contributed by atoms with Crippen LogP contribution in [0.3, 0.4) is 0 Å². The van der Waals surface area contributed by atoms with Crippen LogP contribution in [-0.2, 0) is 9.59 Å². The number of carbonyl (C=O) groups is 3. The van der Waals surface area contributed by atoms with Gasteiger partial charge in [0, 0.05) is 10.0 Å². The summed E-state index contributed by atoms with van der Waals surface area (Å²) in [6.45, 7) is 3.90. The third kappa shape index (κ3) is 4.38. The monoisotopic (exact) mass is 472 g/mol. The Balaban J connectivity index is 2.05. The van der Waals surface area contributed by atoms with Crippen LogP contribution in [0.2, 0.25) is 0 Å². The first kappa shape index (κ1) is 21.6. The molecule has 4 amide bonds. The van der Waals surface area contributed by atoms with Crippen molar-refractivity contribution >= 4 is 45.5 Å². The lowest BCUT2D eigenvalue weighted by Crippen LogP contribution is -2.54. The zero-order valence-corrected chi connectivity index (χ0v) is 18.4. The van der Waals surface area contributed by atoms with E-state index in [0.29, 0.717) is 22.7 Å². The van der Waals surface area contributed by atoms with Gasteiger partial charge in [0.25, 0.3) is 11.8 Å². The zero-order chi connectivity index (χ0) is 21.8. The highest BCUT2D eigenvalue weighted by Gasteiger charge is 2.37. The lowest BCUT2D eigenvalue weighted by Gasteiger charge is -2.26. The maximum atomic E-state index is 13.1. The summed E-state index contributed by atoms with van der Waals surface area (Å²) in [5, 5.41) is 2.22. The van der Waals surface area contributed by atoms with Gasteiger partial charge in [0.05, 0.1) is 18.9 Å². The second kappa shape index (κ2) is 9.13. The number of hydrogen-bond donors (Lipinski definition) is 1. The summed E-state index contributed by atoms with van der Waals surface area (Å²) in [7, 11) is 1.52. The van der Waals surface area contributed by atoms with E-state index < -0.39 is 17.8 Å². The van der Waals surface area contributed by atoms with Crippen molar-refractivity contribution in [2.75, 3.05) is 12.0 Å². The number of benzene rings is 2. The maximum absolute atomic E-state index is 13.1. The molecule has 1 saturated heterocycles. The van der Waals surface area contributed by atoms with Gasteiger partial charge in [-0.1, -0.05) is 35.0 Å². The largest absolute Gasteiger partial charge is 0.493 e. The highest BCUT2D eigenvalue weighted by molar-refractivity contribution is 9.10. The summed E-state index contributed by atoms with van der Waals surface area (Å²) >= 11 is 3.32. The Morgan fingerprint density at radius 2 is 1.83 bits per heavy atom. The summed E-state index contributed by atoms with van der Waals surface area (Å²) in [5.74, 6) is -0.581. The SMILES string of the molecule is CC[C@H](C)Oc1c(/C=C2\C(=O)NC(=O)N(c3ccc(Br)cc3)C2=O)cccc1OC. The van der Waals surface area contributed by atoms with E-state index in [4.69, 9.17) is 9.47 Å². The number of hydrogen-bond acceptors (Lipinski definition) is 5. The van der Waals surface area contributed by atoms with Gasteiger partial charge in [-0.05, 0) is 49.8 Å². The average molecular weight is 473 g/mol. The quantitative estimate of drug-likeness (QED) is 0.500. The Kier molecular flexibility index (Phi) is 6.56. The van der Waals surface area contributed by atoms with E-state index in [1.165, 1.54) is 13.2 Å². The second-order valence-corrected chi connectivity index (χ2v) is 7.57. The molecule has 0 radical (unpaired) electrons. The minimum absolute atomic E-state index is 0.102. The molecule has 0 bridgehead atoms. The number of ether oxygens (including phenoxy) is 2. The molecule has 1 N–H and O–H groups in total. The fraction of sp³-hybridized carbons (Fsp3) is 0.227. The number of halogens is 1. The first-order valence-corrected chi connectivity index (χ1v) is 10.2. The predicted octanol–water partition coefficient (Wildman–Crippen LogP) is 4.30. The number of carbonyl (C=O) groups excluding carboxylic acids is 3. The third-order valence-corrected chi connectivity index (χ3v) is 5.14. The number of imide groups is 2. The summed E-state index contributed by atoms with van der Waals surface area (Å²) in [6.07, 6.45) is 2.07. The molecule has 156 valence electrons. The lowest BCUT2D eigenvalue weighted by molar-refractivity contribution is -0.122. The van der Waals surface area contributed by atoms with Crippen LogP contribution in [0.1, 0.15) is 25.8 Å². The number of para-hydroxylation sites is 1. The number of methoxy groups -OCH3 is 1. The van der Waals surface area contributed by atoms with Crippen molar-refractivity contribution < 1.29 is 23.9 Å². The fourth-order valence-corrected chi connectivity index (χ4v) is 3.12. The van der Waals surface area contributed by atoms with Crippen molar-refractivity contribution in [1.29, 1.82) is 0 Å². The van der Waals surface area contributed by atoms with Gasteiger partial charge in [0.1, 0.15) is 5.57 Å². The van der Waals surface area contributed by atoms with Crippen LogP contribution in [0, 0.1) is 0 Å². The van der Waals surface area contributed by atoms with Crippen LogP contribution < -0.4 is 19.7 Å². The van der Waals surface area contributed by atoms with Crippen molar-refractivity contribution in [3.63, 3.8) is 0 Å². The molecule has 0 aliphatic carbocycles. The molecule has 30 heavy (non-hydrogen) atoms. The molecule has 1 aliphatic rings. The highest BCUT2D eigenvalue weighted by atomic mass is 79.9. The predicted molar refractivity (Wildman–Crippen MR) is 117 cm³/mol. The van der Waals surface area contributed by atoms with Crippen LogP contribution in [0.5, 0.6) is 11.5 Å². The molecule has 2 aromatic rings. The molecule has 1 fully saturated rings. The van der Waals surface area contributed by atoms with Gasteiger partial charge in [-0.15, -0.1) is 0 Å². The smallest absolute Gasteiger partial charge is 0.335 e. The standard InChI is InChI=1S/C22H21BrN2O5/c1-4-13(2)30-19-14(6-5-7-18(19)29-3)12-17-20(26)24-22(28)25(21(17)27)16-10-8-15(23)9-11-16/h5-13H,4H2,1-3H3,(H,24,26,28)/b17-12+/t13-/m0/s1. The molecule has 2 aromatic carbocycles. The summed E-state index contributed by atoms with van der Waals surface area (Å²) in [6, 6.07) is 11.0. The molecule has 7 nitrogen and oxygen atoms in total. The van der Waals surface area contributed by atoms with Gasteiger partial charge in [-0.25, -0.2) is 9.69 Å². The average Bonchev–Trinajstić information content (AvgIpc) is 2.73. The number of urea groups is 1. The van der Waals surface area contributed by atoms with Crippen molar-refractivity contribution in [2.24, 2.45) is 0 Å². The normalized spacial score (nSPS) is 16.5. The van der Waals surface area contributed by atoms with Crippen LogP contribution in [0.4, 0.5) is 10.5 Å². The first-order chi connectivity index (χ1) is 14.3. The Hall–Kier alpha value is -3.13. The summed E-state index contributed by atoms with van der Waals surface area (Å²) < 4.78 is 12.2. The van der Waals surface area contributed by atoms with E-state index in [-0.39, 0.29) is 11.7 Å². The minimum atomic E-state index is -0.800. The van der Waals surface area contributed by atoms with E-state index in [1.807, 2.05) is 13.8 Å². The molecular formula is C22H21BrN2O5. The molecular weight excluding hydrogens is 452 g/mol. The van der Waals surface area contributed by atoms with Crippen LogP contribution in [0.25, 0.3) is 6.08 Å². The number of amides is 4. The van der Waals surface area contributed by atoms with Gasteiger partial charge in [-0.2, -0.15) is 0 Å². The molecule has 1 atom stereocenters. The maximum Gasteiger partial charge on any atom is 0.335 e. The molecule has 0 aromatic heterocycles. The minimum Gasteiger partial charge on any atom is -0.493 e. The second-order valence-electron chi connectivity index (χ2n) is 6.65. The fourth-order valence-electron chi connectivity index (χ4n) is 2.86. The van der Waals surface area contributed by atoms with Crippen LogP contribution in [-0.4, -0.2) is 31.1 Å². The summed E-state index contributed by atoms with van der Waals surface area (Å²) in [5.41, 5.74) is 0.666. The van der Waals surface area contributed by atoms with Gasteiger partial charge >= 0.3 is 6.03 Å². The van der Waals surface area contributed by atoms with Gasteiger partial charge in [0.15, 0.2) is 11.5 Å². The Morgan fingerprint density at radius 1 is 1.13 bits per heavy atom. The molecule has 1 heterocycles. The lowest BCUT2D eigenvalue weighted by atomic mass is 10.1. The van der Waals surface area contributed by atoms with E-state index in [1.54, 1.807) is 42.5 Å². The van der Waals surface area contributed by atoms with Crippen molar-refractivity contribution in [1.82, 2.24) is 5.32 Å². The molecule has 8 heteroatoms. The van der Waals surface area contributed by atoms with Crippen molar-refractivity contribution in [3.05, 3.63) is 58.1 Å². The Labute approximate surface area is 182 Å². The molecule has 0 spiro atoms. The molecule has 0 unspecified atom stereocenters. The van der Waals surface area contributed by atoms with Crippen LogP contribution in [0.15, 0.2) is 52.5 Å². The van der Waals surface area contributed by atoms with E-state index in [2.05, 4.69) is 21.2 Å². The zero-order valence-electron chi connectivity index (χ0n) is 16.8. The number of nitrogens with zero attached hydrogens (tertiary/aromatic N) is 1. The number of rotatable bonds is 6. The highest BCUT2D eigenvalue weighted by Crippen LogP contribution is 2.34. The number of anilines is 1. The Bertz CT molecular complexity index is 1020. The number of nitrogens with one attached hydrogen (secondary N) is 1. The first-order valence-electron chi connectivity index (χ1n) is 9.36. The van der Waals surface area contributed by atoms with Crippen LogP contribution >= 0.6 is 15.9 Å². The van der Waals surface area contributed by atoms with Gasteiger partial charge in [0.2, 0.25) is 0 Å². The van der Waals surface area contributed by atoms with E-state index in [9.17, 15) is 14.4 Å². The number of barbiturate groups is 1. The third-order valence-electron chi connectivity index (χ3n) is 4.61. The summed E-state index contributed by atoms with van der Waals surface area (Å²) in [4.78, 5) is 38.8. The van der Waals surface area contributed by atoms with Crippen molar-refractivity contribution in [2.45, 2.75) is 26.4 Å². The van der Waals surface area contributed by atoms with Crippen molar-refractivity contribution in [3.8, 4) is 11.5 Å². The van der Waals surface area contributed by atoms with E-state index in [0.717, 1.165) is 15.8 Å². The van der Waals surface area contributed by atoms with Gasteiger partial charge < -0.3 is 9.47 Å². The molecule has 1 aliphatic heterocycles.